The number of methoxy groups -OCH3 is 1. The first-order chi connectivity index (χ1) is 15.1. The molecule has 0 aromatic heterocycles. The quantitative estimate of drug-likeness (QED) is 0.448. The summed E-state index contributed by atoms with van der Waals surface area (Å²) in [4.78, 5) is 25.3. The molecule has 2 atom stereocenters. The molecule has 0 aliphatic heterocycles. The van der Waals surface area contributed by atoms with Crippen molar-refractivity contribution >= 4 is 33.9 Å². The van der Waals surface area contributed by atoms with Crippen LogP contribution in [-0.4, -0.2) is 25.7 Å². The predicted molar refractivity (Wildman–Crippen MR) is 123 cm³/mol. The number of benzene rings is 3. The van der Waals surface area contributed by atoms with Crippen molar-refractivity contribution in [3.8, 4) is 0 Å². The lowest BCUT2D eigenvalue weighted by Gasteiger charge is -2.34. The molecule has 0 heterocycles. The van der Waals surface area contributed by atoms with Gasteiger partial charge in [0.2, 0.25) is 0 Å². The summed E-state index contributed by atoms with van der Waals surface area (Å²) < 4.78 is 11.7. The molecule has 0 N–H and O–H groups in total. The Morgan fingerprint density at radius 3 is 2.19 bits per heavy atom. The summed E-state index contributed by atoms with van der Waals surface area (Å²) in [6.45, 7) is 0.0506. The summed E-state index contributed by atoms with van der Waals surface area (Å²) in [7, 11) is 1.37. The van der Waals surface area contributed by atoms with Crippen molar-refractivity contribution in [1.82, 2.24) is 0 Å². The Balaban J connectivity index is 1.77. The molecule has 0 spiro atoms. The minimum absolute atomic E-state index is 0.0506. The normalized spacial score (nSPS) is 17.3. The third-order valence-electron chi connectivity index (χ3n) is 5.51. The van der Waals surface area contributed by atoms with Gasteiger partial charge in [-0.3, -0.25) is 0 Å². The van der Waals surface area contributed by atoms with Gasteiger partial charge in [0.25, 0.3) is 0 Å². The summed E-state index contributed by atoms with van der Waals surface area (Å²) in [6, 6.07) is 24.7. The molecule has 3 aromatic carbocycles. The van der Waals surface area contributed by atoms with Crippen LogP contribution in [0.4, 0.5) is 0 Å². The van der Waals surface area contributed by atoms with E-state index in [0.29, 0.717) is 11.1 Å². The average Bonchev–Trinajstić information content (AvgIpc) is 2.82. The van der Waals surface area contributed by atoms with Crippen LogP contribution in [0.2, 0.25) is 0 Å². The van der Waals surface area contributed by atoms with Gasteiger partial charge in [0.1, 0.15) is 0 Å². The van der Waals surface area contributed by atoms with Crippen LogP contribution >= 0.6 is 15.9 Å². The molecule has 156 valence electrons. The number of carbonyl (C=O) groups excluding carboxylic acids is 2. The molecule has 1 aliphatic rings. The van der Waals surface area contributed by atoms with E-state index in [1.807, 2.05) is 54.6 Å². The minimum atomic E-state index is -0.424. The second-order valence-corrected chi connectivity index (χ2v) is 8.14. The summed E-state index contributed by atoms with van der Waals surface area (Å²) >= 11 is 3.66. The van der Waals surface area contributed by atoms with Crippen LogP contribution in [0.5, 0.6) is 0 Å². The van der Waals surface area contributed by atoms with Crippen LogP contribution in [0, 0.1) is 5.92 Å². The number of hydrogen-bond acceptors (Lipinski definition) is 4. The highest BCUT2D eigenvalue weighted by Crippen LogP contribution is 2.45. The first kappa shape index (κ1) is 21.1. The zero-order valence-corrected chi connectivity index (χ0v) is 18.5. The molecule has 0 unspecified atom stereocenters. The number of ether oxygens (including phenoxy) is 2. The van der Waals surface area contributed by atoms with Gasteiger partial charge < -0.3 is 9.47 Å². The van der Waals surface area contributed by atoms with Gasteiger partial charge in [-0.25, -0.2) is 9.59 Å². The fraction of sp³-hybridized carbons (Fsp3) is 0.154. The molecular weight excluding hydrogens is 456 g/mol. The first-order valence-electron chi connectivity index (χ1n) is 9.95. The van der Waals surface area contributed by atoms with E-state index in [-0.39, 0.29) is 12.5 Å². The smallest absolute Gasteiger partial charge is 0.338 e. The SMILES string of the molecule is COC(=O)C1=Cc2ccccc2[C@H](c2ccccc2Br)[C@H]1COC(=O)c1ccccc1. The van der Waals surface area contributed by atoms with Crippen molar-refractivity contribution in [1.29, 1.82) is 0 Å². The highest BCUT2D eigenvalue weighted by atomic mass is 79.9. The minimum Gasteiger partial charge on any atom is -0.466 e. The molecule has 0 amide bonds. The average molecular weight is 477 g/mol. The summed E-state index contributed by atoms with van der Waals surface area (Å²) in [5.41, 5.74) is 4.00. The van der Waals surface area contributed by atoms with Crippen LogP contribution in [0.25, 0.3) is 6.08 Å². The Kier molecular flexibility index (Phi) is 6.33. The van der Waals surface area contributed by atoms with E-state index in [4.69, 9.17) is 9.47 Å². The third-order valence-corrected chi connectivity index (χ3v) is 6.23. The fourth-order valence-corrected chi connectivity index (χ4v) is 4.58. The highest BCUT2D eigenvalue weighted by Gasteiger charge is 2.38. The molecule has 0 saturated heterocycles. The van der Waals surface area contributed by atoms with Gasteiger partial charge in [-0.2, -0.15) is 0 Å². The van der Waals surface area contributed by atoms with Gasteiger partial charge in [-0.15, -0.1) is 0 Å². The summed E-state index contributed by atoms with van der Waals surface area (Å²) in [5.74, 6) is -1.43. The Morgan fingerprint density at radius 2 is 1.48 bits per heavy atom. The second-order valence-electron chi connectivity index (χ2n) is 7.29. The van der Waals surface area contributed by atoms with Crippen molar-refractivity contribution in [2.24, 2.45) is 5.92 Å². The first-order valence-corrected chi connectivity index (χ1v) is 10.7. The Labute approximate surface area is 189 Å². The molecule has 5 heteroatoms. The Hall–Kier alpha value is -3.18. The van der Waals surface area contributed by atoms with E-state index in [0.717, 1.165) is 21.2 Å². The molecule has 3 aromatic rings. The fourth-order valence-electron chi connectivity index (χ4n) is 4.05. The van der Waals surface area contributed by atoms with Crippen molar-refractivity contribution in [3.05, 3.63) is 111 Å². The molecule has 0 fully saturated rings. The zero-order chi connectivity index (χ0) is 21.8. The molecule has 0 radical (unpaired) electrons. The van der Waals surface area contributed by atoms with Gasteiger partial charge in [-0.1, -0.05) is 76.6 Å². The maximum Gasteiger partial charge on any atom is 0.338 e. The lowest BCUT2D eigenvalue weighted by molar-refractivity contribution is -0.137. The van der Waals surface area contributed by atoms with Crippen molar-refractivity contribution in [2.45, 2.75) is 5.92 Å². The Morgan fingerprint density at radius 1 is 0.839 bits per heavy atom. The number of rotatable bonds is 5. The molecule has 0 saturated carbocycles. The standard InChI is InChI=1S/C26H21BrO4/c1-30-26(29)21-15-18-11-5-6-12-19(18)24(20-13-7-8-14-23(20)27)22(21)16-31-25(28)17-9-3-2-4-10-17/h2-15,22,24H,16H2,1H3/t22-,24+/m0/s1. The maximum absolute atomic E-state index is 12.7. The monoisotopic (exact) mass is 476 g/mol. The van der Waals surface area contributed by atoms with E-state index in [1.54, 1.807) is 24.3 Å². The summed E-state index contributed by atoms with van der Waals surface area (Å²) in [6.07, 6.45) is 1.84. The number of halogens is 1. The zero-order valence-electron chi connectivity index (χ0n) is 17.0. The molecule has 4 rings (SSSR count). The van der Waals surface area contributed by atoms with E-state index in [1.165, 1.54) is 7.11 Å². The molecule has 1 aliphatic carbocycles. The van der Waals surface area contributed by atoms with Crippen LogP contribution in [-0.2, 0) is 14.3 Å². The van der Waals surface area contributed by atoms with Crippen molar-refractivity contribution in [3.63, 3.8) is 0 Å². The van der Waals surface area contributed by atoms with Crippen LogP contribution in [0.1, 0.15) is 33.0 Å². The van der Waals surface area contributed by atoms with E-state index >= 15 is 0 Å². The lowest BCUT2D eigenvalue weighted by atomic mass is 9.72. The van der Waals surface area contributed by atoms with Gasteiger partial charge in [-0.05, 0) is 41.0 Å². The second kappa shape index (κ2) is 9.31. The van der Waals surface area contributed by atoms with Crippen molar-refractivity contribution < 1.29 is 19.1 Å². The van der Waals surface area contributed by atoms with Gasteiger partial charge >= 0.3 is 11.9 Å². The number of carbonyl (C=O) groups is 2. The largest absolute Gasteiger partial charge is 0.466 e. The van der Waals surface area contributed by atoms with Gasteiger partial charge in [0.05, 0.1) is 19.3 Å². The van der Waals surface area contributed by atoms with E-state index < -0.39 is 17.9 Å². The predicted octanol–water partition coefficient (Wildman–Crippen LogP) is 5.62. The van der Waals surface area contributed by atoms with Gasteiger partial charge in [0.15, 0.2) is 0 Å². The summed E-state index contributed by atoms with van der Waals surface area (Å²) in [5, 5.41) is 0. The third kappa shape index (κ3) is 4.32. The van der Waals surface area contributed by atoms with Crippen LogP contribution in [0.15, 0.2) is 88.9 Å². The molecule has 4 nitrogen and oxygen atoms in total. The van der Waals surface area contributed by atoms with Crippen molar-refractivity contribution in [2.75, 3.05) is 13.7 Å². The van der Waals surface area contributed by atoms with Crippen LogP contribution in [0.3, 0.4) is 0 Å². The maximum atomic E-state index is 12.7. The molecule has 31 heavy (non-hydrogen) atoms. The van der Waals surface area contributed by atoms with E-state index in [9.17, 15) is 9.59 Å². The van der Waals surface area contributed by atoms with E-state index in [2.05, 4.69) is 22.0 Å². The topological polar surface area (TPSA) is 52.6 Å². The number of fused-ring (bicyclic) bond motifs is 1. The number of esters is 2. The van der Waals surface area contributed by atoms with Crippen LogP contribution < -0.4 is 0 Å². The Bertz CT molecular complexity index is 1140. The highest BCUT2D eigenvalue weighted by molar-refractivity contribution is 9.10. The number of hydrogen-bond donors (Lipinski definition) is 0. The molecular formula is C26H21BrO4. The van der Waals surface area contributed by atoms with Gasteiger partial charge in [0, 0.05) is 21.9 Å². The lowest BCUT2D eigenvalue weighted by Crippen LogP contribution is -2.30. The molecule has 0 bridgehead atoms.